The smallest absolute Gasteiger partial charge is 0.289 e. The summed E-state index contributed by atoms with van der Waals surface area (Å²) in [6, 6.07) is 7.80. The Kier molecular flexibility index (Phi) is 7.99. The van der Waals surface area contributed by atoms with Gasteiger partial charge in [0.2, 0.25) is 23.5 Å². The van der Waals surface area contributed by atoms with E-state index in [0.717, 1.165) is 24.8 Å². The number of hydrogen-bond acceptors (Lipinski definition) is 5. The summed E-state index contributed by atoms with van der Waals surface area (Å²) in [6.07, 6.45) is 3.31. The highest BCUT2D eigenvalue weighted by atomic mass is 16.2. The minimum Gasteiger partial charge on any atom is -0.356 e. The summed E-state index contributed by atoms with van der Waals surface area (Å²) in [5, 5.41) is 11.0. The summed E-state index contributed by atoms with van der Waals surface area (Å²) >= 11 is 0. The molecule has 1 aliphatic heterocycles. The van der Waals surface area contributed by atoms with Crippen LogP contribution in [0.5, 0.6) is 0 Å². The molecule has 4 amide bonds. The second-order valence-electron chi connectivity index (χ2n) is 11.9. The number of hydrogen-bond donors (Lipinski definition) is 4. The van der Waals surface area contributed by atoms with E-state index in [2.05, 4.69) is 21.3 Å². The Labute approximate surface area is 217 Å². The highest BCUT2D eigenvalue weighted by molar-refractivity contribution is 6.38. The van der Waals surface area contributed by atoms with Crippen molar-refractivity contribution >= 4 is 29.4 Å². The van der Waals surface area contributed by atoms with Gasteiger partial charge in [-0.1, -0.05) is 51.1 Å². The molecule has 0 aromatic heterocycles. The molecule has 37 heavy (non-hydrogen) atoms. The lowest BCUT2D eigenvalue weighted by molar-refractivity contribution is -0.141. The Morgan fingerprint density at radius 2 is 1.70 bits per heavy atom. The van der Waals surface area contributed by atoms with Gasteiger partial charge in [-0.15, -0.1) is 0 Å². The van der Waals surface area contributed by atoms with E-state index < -0.39 is 35.6 Å². The summed E-state index contributed by atoms with van der Waals surface area (Å²) < 4.78 is 0. The monoisotopic (exact) mass is 510 g/mol. The number of carbonyl (C=O) groups is 5. The van der Waals surface area contributed by atoms with Gasteiger partial charge in [-0.05, 0) is 55.4 Å². The topological polar surface area (TPSA) is 133 Å². The molecule has 3 aliphatic rings. The van der Waals surface area contributed by atoms with E-state index in [0.29, 0.717) is 19.4 Å². The van der Waals surface area contributed by atoms with E-state index in [1.165, 1.54) is 0 Å². The minimum atomic E-state index is -1.14. The molecule has 1 aromatic carbocycles. The number of nitrogens with one attached hydrogen (secondary N) is 4. The van der Waals surface area contributed by atoms with Gasteiger partial charge in [-0.25, -0.2) is 0 Å². The first kappa shape index (κ1) is 26.8. The third kappa shape index (κ3) is 7.40. The number of benzene rings is 1. The van der Waals surface area contributed by atoms with Gasteiger partial charge in [0.15, 0.2) is 0 Å². The van der Waals surface area contributed by atoms with E-state index >= 15 is 0 Å². The van der Waals surface area contributed by atoms with Crippen LogP contribution in [0.3, 0.4) is 0 Å². The molecule has 200 valence electrons. The molecule has 4 rings (SSSR count). The molecular formula is C28H38N4O5. The molecule has 1 unspecified atom stereocenters. The molecule has 5 atom stereocenters. The van der Waals surface area contributed by atoms with Gasteiger partial charge in [0, 0.05) is 24.4 Å². The Bertz CT molecular complexity index is 1050. The summed E-state index contributed by atoms with van der Waals surface area (Å²) in [4.78, 5) is 64.3. The molecule has 2 aliphatic carbocycles. The Balaban J connectivity index is 1.44. The van der Waals surface area contributed by atoms with Crippen LogP contribution < -0.4 is 21.3 Å². The van der Waals surface area contributed by atoms with E-state index in [4.69, 9.17) is 0 Å². The molecule has 1 heterocycles. The minimum absolute atomic E-state index is 0.00777. The molecule has 1 saturated heterocycles. The van der Waals surface area contributed by atoms with Crippen LogP contribution in [-0.2, 0) is 24.0 Å². The van der Waals surface area contributed by atoms with Gasteiger partial charge in [0.05, 0.1) is 6.04 Å². The van der Waals surface area contributed by atoms with E-state index in [1.807, 2.05) is 51.1 Å². The lowest BCUT2D eigenvalue weighted by atomic mass is 9.87. The third-order valence-electron chi connectivity index (χ3n) is 7.26. The van der Waals surface area contributed by atoms with Crippen molar-refractivity contribution in [3.63, 3.8) is 0 Å². The zero-order valence-electron chi connectivity index (χ0n) is 21.8. The Hall–Kier alpha value is -3.23. The molecule has 3 fully saturated rings. The lowest BCUT2D eigenvalue weighted by Crippen LogP contribution is -2.55. The molecule has 4 N–H and O–H groups in total. The van der Waals surface area contributed by atoms with Crippen LogP contribution in [0.25, 0.3) is 0 Å². The molecule has 0 spiro atoms. The van der Waals surface area contributed by atoms with E-state index in [9.17, 15) is 24.0 Å². The van der Waals surface area contributed by atoms with Crippen molar-refractivity contribution in [1.82, 2.24) is 21.3 Å². The van der Waals surface area contributed by atoms with Gasteiger partial charge >= 0.3 is 0 Å². The maximum Gasteiger partial charge on any atom is 0.289 e. The number of carbonyl (C=O) groups excluding carboxylic acids is 5. The van der Waals surface area contributed by atoms with Crippen LogP contribution in [0.2, 0.25) is 0 Å². The van der Waals surface area contributed by atoms with Crippen LogP contribution in [0.1, 0.15) is 70.8 Å². The van der Waals surface area contributed by atoms with Crippen molar-refractivity contribution in [2.75, 3.05) is 6.54 Å². The highest BCUT2D eigenvalue weighted by Crippen LogP contribution is 2.47. The first-order valence-electron chi connectivity index (χ1n) is 13.3. The average molecular weight is 511 g/mol. The summed E-state index contributed by atoms with van der Waals surface area (Å²) in [7, 11) is 0. The maximum absolute atomic E-state index is 13.5. The fourth-order valence-corrected chi connectivity index (χ4v) is 4.95. The highest BCUT2D eigenvalue weighted by Gasteiger charge is 2.45. The number of rotatable bonds is 11. The predicted octanol–water partition coefficient (Wildman–Crippen LogP) is 1.57. The first-order chi connectivity index (χ1) is 17.5. The normalized spacial score (nSPS) is 24.4. The lowest BCUT2D eigenvalue weighted by Gasteiger charge is -2.28. The quantitative estimate of drug-likeness (QED) is 0.336. The number of Topliss-reactive ketones (excluding diaryl/α,β-unsaturated/α-hetero) is 1. The Morgan fingerprint density at radius 1 is 1.00 bits per heavy atom. The van der Waals surface area contributed by atoms with Crippen molar-refractivity contribution < 1.29 is 24.0 Å². The van der Waals surface area contributed by atoms with Crippen LogP contribution in [0.4, 0.5) is 0 Å². The van der Waals surface area contributed by atoms with E-state index in [-0.39, 0.29) is 41.5 Å². The Morgan fingerprint density at radius 3 is 2.30 bits per heavy atom. The molecule has 0 bridgehead atoms. The largest absolute Gasteiger partial charge is 0.356 e. The number of amides is 4. The van der Waals surface area contributed by atoms with E-state index in [1.54, 1.807) is 0 Å². The molecule has 1 aromatic rings. The number of ketones is 1. The molecule has 9 heteroatoms. The second kappa shape index (κ2) is 11.0. The molecular weight excluding hydrogens is 472 g/mol. The van der Waals surface area contributed by atoms with Gasteiger partial charge in [-0.3, -0.25) is 24.0 Å². The fourth-order valence-electron chi connectivity index (χ4n) is 4.95. The van der Waals surface area contributed by atoms with Crippen LogP contribution in [-0.4, -0.2) is 54.1 Å². The van der Waals surface area contributed by atoms with Crippen molar-refractivity contribution in [3.05, 3.63) is 35.9 Å². The van der Waals surface area contributed by atoms with Gasteiger partial charge in [-0.2, -0.15) is 0 Å². The molecule has 9 nitrogen and oxygen atoms in total. The first-order valence-corrected chi connectivity index (χ1v) is 13.3. The fraction of sp³-hybridized carbons (Fsp3) is 0.607. The third-order valence-corrected chi connectivity index (χ3v) is 7.26. The standard InChI is InChI=1S/C28H38N4O5/c1-28(2,3)15-22(32-25(35)20-14-19(20)16-7-5-4-6-8-16)26(36)31-21(13-17-11-12-29-24(17)34)23(33)27(37)30-18-9-10-18/h4-8,17-22H,9-15H2,1-3H3,(H,29,34)(H,30,37)(H,31,36)(H,32,35)/t17-,19+,20-,21?,22-/m0/s1. The zero-order chi connectivity index (χ0) is 26.7. The van der Waals surface area contributed by atoms with Crippen molar-refractivity contribution in [2.45, 2.75) is 83.3 Å². The summed E-state index contributed by atoms with van der Waals surface area (Å²) in [5.41, 5.74) is 0.813. The summed E-state index contributed by atoms with van der Waals surface area (Å²) in [5.74, 6) is -2.94. The van der Waals surface area contributed by atoms with Crippen molar-refractivity contribution in [2.24, 2.45) is 17.3 Å². The maximum atomic E-state index is 13.5. The average Bonchev–Trinajstić information content (AvgIpc) is 3.77. The zero-order valence-corrected chi connectivity index (χ0v) is 21.8. The van der Waals surface area contributed by atoms with Crippen molar-refractivity contribution in [3.8, 4) is 0 Å². The molecule has 0 radical (unpaired) electrons. The predicted molar refractivity (Wildman–Crippen MR) is 137 cm³/mol. The SMILES string of the molecule is CC(C)(C)C[C@H](NC(=O)[C@H]1C[C@@H]1c1ccccc1)C(=O)NC(C[C@@H]1CCNC1=O)C(=O)C(=O)NC1CC1. The summed E-state index contributed by atoms with van der Waals surface area (Å²) in [6.45, 7) is 6.41. The van der Waals surface area contributed by atoms with Gasteiger partial charge < -0.3 is 21.3 Å². The van der Waals surface area contributed by atoms with Crippen molar-refractivity contribution in [1.29, 1.82) is 0 Å². The molecule has 2 saturated carbocycles. The second-order valence-corrected chi connectivity index (χ2v) is 11.9. The van der Waals surface area contributed by atoms with Gasteiger partial charge in [0.1, 0.15) is 6.04 Å². The van der Waals surface area contributed by atoms with Crippen LogP contribution >= 0.6 is 0 Å². The van der Waals surface area contributed by atoms with Crippen LogP contribution in [0, 0.1) is 17.3 Å². The van der Waals surface area contributed by atoms with Crippen LogP contribution in [0.15, 0.2) is 30.3 Å². The van der Waals surface area contributed by atoms with Gasteiger partial charge in [0.25, 0.3) is 5.91 Å².